The van der Waals surface area contributed by atoms with E-state index in [1.165, 1.54) is 6.07 Å². The van der Waals surface area contributed by atoms with Crippen LogP contribution in [-0.4, -0.2) is 19.3 Å². The number of nitrogens with one attached hydrogen (secondary N) is 2. The molecule has 0 fully saturated rings. The van der Waals surface area contributed by atoms with Crippen LogP contribution < -0.4 is 10.0 Å². The van der Waals surface area contributed by atoms with E-state index >= 15 is 0 Å². The number of hydrogen-bond acceptors (Lipinski definition) is 4. The van der Waals surface area contributed by atoms with Crippen molar-refractivity contribution >= 4 is 38.9 Å². The highest BCUT2D eigenvalue weighted by Gasteiger charge is 2.19. The third kappa shape index (κ3) is 4.49. The number of sulfonamides is 1. The van der Waals surface area contributed by atoms with Crippen LogP contribution in [0.15, 0.2) is 65.6 Å². The molecule has 8 heteroatoms. The van der Waals surface area contributed by atoms with Gasteiger partial charge < -0.3 is 5.32 Å². The number of para-hydroxylation sites is 1. The lowest BCUT2D eigenvalue weighted by Crippen LogP contribution is -2.17. The highest BCUT2D eigenvalue weighted by molar-refractivity contribution is 7.92. The van der Waals surface area contributed by atoms with Crippen LogP contribution in [0, 0.1) is 13.8 Å². The maximum absolute atomic E-state index is 12.8. The molecule has 0 aliphatic heterocycles. The minimum absolute atomic E-state index is 0.0439. The minimum atomic E-state index is -3.90. The molecule has 0 saturated carbocycles. The normalized spacial score (nSPS) is 11.1. The molecule has 1 aromatic heterocycles. The van der Waals surface area contributed by atoms with E-state index in [1.54, 1.807) is 68.4 Å². The molecule has 0 radical (unpaired) electrons. The smallest absolute Gasteiger partial charge is 0.274 e. The Hall–Kier alpha value is -2.90. The van der Waals surface area contributed by atoms with Crippen LogP contribution in [-0.2, 0) is 10.0 Å². The molecule has 3 aromatic rings. The topological polar surface area (TPSA) is 88.2 Å². The first-order valence-electron chi connectivity index (χ1n) is 8.39. The van der Waals surface area contributed by atoms with Gasteiger partial charge in [-0.1, -0.05) is 35.9 Å². The number of nitrogens with zero attached hydrogens (tertiary/aromatic N) is 1. The summed E-state index contributed by atoms with van der Waals surface area (Å²) < 4.78 is 28.1. The number of hydrogen-bond donors (Lipinski definition) is 2. The average molecular weight is 416 g/mol. The van der Waals surface area contributed by atoms with E-state index in [2.05, 4.69) is 15.0 Å². The Bertz CT molecular complexity index is 1150. The molecule has 28 heavy (non-hydrogen) atoms. The maximum Gasteiger partial charge on any atom is 0.274 e. The van der Waals surface area contributed by atoms with E-state index in [0.717, 1.165) is 0 Å². The van der Waals surface area contributed by atoms with Crippen molar-refractivity contribution in [3.63, 3.8) is 0 Å². The van der Waals surface area contributed by atoms with Gasteiger partial charge in [0.05, 0.1) is 15.6 Å². The van der Waals surface area contributed by atoms with Gasteiger partial charge in [0, 0.05) is 11.4 Å². The third-order valence-corrected chi connectivity index (χ3v) is 5.81. The number of benzene rings is 2. The number of carbonyl (C=O) groups excluding carboxylic acids is 1. The number of rotatable bonds is 5. The molecule has 6 nitrogen and oxygen atoms in total. The van der Waals surface area contributed by atoms with Crippen molar-refractivity contribution in [1.29, 1.82) is 0 Å². The van der Waals surface area contributed by atoms with E-state index in [0.29, 0.717) is 22.0 Å². The summed E-state index contributed by atoms with van der Waals surface area (Å²) in [6, 6.07) is 16.3. The van der Waals surface area contributed by atoms with Crippen molar-refractivity contribution in [2.75, 3.05) is 10.0 Å². The zero-order valence-electron chi connectivity index (χ0n) is 15.2. The van der Waals surface area contributed by atoms with Crippen LogP contribution in [0.4, 0.5) is 11.4 Å². The van der Waals surface area contributed by atoms with Crippen LogP contribution >= 0.6 is 11.6 Å². The molecule has 0 atom stereocenters. The molecule has 0 aliphatic carbocycles. The van der Waals surface area contributed by atoms with Crippen molar-refractivity contribution in [2.24, 2.45) is 0 Å². The highest BCUT2D eigenvalue weighted by atomic mass is 35.5. The lowest BCUT2D eigenvalue weighted by Gasteiger charge is -2.13. The molecule has 2 aromatic carbocycles. The van der Waals surface area contributed by atoms with Gasteiger partial charge >= 0.3 is 0 Å². The maximum atomic E-state index is 12.8. The van der Waals surface area contributed by atoms with Gasteiger partial charge in [-0.3, -0.25) is 9.52 Å². The predicted molar refractivity (Wildman–Crippen MR) is 110 cm³/mol. The van der Waals surface area contributed by atoms with Gasteiger partial charge in [-0.2, -0.15) is 0 Å². The Balaban J connectivity index is 1.89. The molecule has 0 saturated heterocycles. The fourth-order valence-electron chi connectivity index (χ4n) is 2.58. The van der Waals surface area contributed by atoms with Gasteiger partial charge in [0.2, 0.25) is 0 Å². The van der Waals surface area contributed by atoms with Gasteiger partial charge in [-0.15, -0.1) is 0 Å². The second kappa shape index (κ2) is 8.00. The zero-order chi connectivity index (χ0) is 20.3. The summed E-state index contributed by atoms with van der Waals surface area (Å²) in [5.74, 6) is -0.421. The van der Waals surface area contributed by atoms with E-state index < -0.39 is 15.9 Å². The monoisotopic (exact) mass is 415 g/mol. The molecule has 1 amide bonds. The SMILES string of the molecule is Cc1cccc(C(=O)Nc2ccc(C)c(S(=O)(=O)Nc3ccccc3Cl)c2)n1. The van der Waals surface area contributed by atoms with Gasteiger partial charge in [0.1, 0.15) is 5.69 Å². The minimum Gasteiger partial charge on any atom is -0.321 e. The molecule has 3 rings (SSSR count). The van der Waals surface area contributed by atoms with E-state index in [-0.39, 0.29) is 16.3 Å². The molecule has 0 spiro atoms. The van der Waals surface area contributed by atoms with E-state index in [1.807, 2.05) is 0 Å². The Labute approximate surface area is 168 Å². The largest absolute Gasteiger partial charge is 0.321 e. The quantitative estimate of drug-likeness (QED) is 0.646. The molecule has 144 valence electrons. The number of aromatic nitrogens is 1. The molecule has 1 heterocycles. The van der Waals surface area contributed by atoms with E-state index in [4.69, 9.17) is 11.6 Å². The molecule has 2 N–H and O–H groups in total. The standard InChI is InChI=1S/C20H18ClN3O3S/c1-13-10-11-15(23-20(25)18-9-5-6-14(2)22-18)12-19(13)28(26,27)24-17-8-4-3-7-16(17)21/h3-12,24H,1-2H3,(H,23,25). The molecular formula is C20H18ClN3O3S. The van der Waals surface area contributed by atoms with Crippen molar-refractivity contribution in [2.45, 2.75) is 18.7 Å². The molecular weight excluding hydrogens is 398 g/mol. The second-order valence-corrected chi connectivity index (χ2v) is 8.24. The fraction of sp³-hybridized carbons (Fsp3) is 0.100. The summed E-state index contributed by atoms with van der Waals surface area (Å²) in [6.45, 7) is 3.46. The Kier molecular flexibility index (Phi) is 5.67. The van der Waals surface area contributed by atoms with Crippen LogP contribution in [0.25, 0.3) is 0 Å². The summed E-state index contributed by atoms with van der Waals surface area (Å²) in [4.78, 5) is 16.6. The zero-order valence-corrected chi connectivity index (χ0v) is 16.8. The first-order chi connectivity index (χ1) is 13.3. The van der Waals surface area contributed by atoms with Crippen molar-refractivity contribution in [3.8, 4) is 0 Å². The Morgan fingerprint density at radius 1 is 1.00 bits per heavy atom. The number of anilines is 2. The number of carbonyl (C=O) groups is 1. The molecule has 0 bridgehead atoms. The van der Waals surface area contributed by atoms with Gasteiger partial charge in [0.15, 0.2) is 0 Å². The Morgan fingerprint density at radius 2 is 1.75 bits per heavy atom. The highest BCUT2D eigenvalue weighted by Crippen LogP contribution is 2.27. The predicted octanol–water partition coefficient (Wildman–Crippen LogP) is 4.40. The second-order valence-electron chi connectivity index (χ2n) is 6.18. The summed E-state index contributed by atoms with van der Waals surface area (Å²) in [6.07, 6.45) is 0. The summed E-state index contributed by atoms with van der Waals surface area (Å²) >= 11 is 6.05. The first-order valence-corrected chi connectivity index (χ1v) is 10.3. The van der Waals surface area contributed by atoms with Crippen molar-refractivity contribution in [3.05, 3.63) is 82.6 Å². The van der Waals surface area contributed by atoms with Crippen molar-refractivity contribution < 1.29 is 13.2 Å². The number of pyridine rings is 1. The lowest BCUT2D eigenvalue weighted by molar-refractivity contribution is 0.102. The van der Waals surface area contributed by atoms with Crippen molar-refractivity contribution in [1.82, 2.24) is 4.98 Å². The van der Waals surface area contributed by atoms with E-state index in [9.17, 15) is 13.2 Å². The Morgan fingerprint density at radius 3 is 2.46 bits per heavy atom. The number of halogens is 1. The van der Waals surface area contributed by atoms with Crippen LogP contribution in [0.3, 0.4) is 0 Å². The van der Waals surface area contributed by atoms with Crippen LogP contribution in [0.5, 0.6) is 0 Å². The average Bonchev–Trinajstić information content (AvgIpc) is 2.65. The van der Waals surface area contributed by atoms with Gasteiger partial charge in [-0.25, -0.2) is 13.4 Å². The fourth-order valence-corrected chi connectivity index (χ4v) is 4.17. The summed E-state index contributed by atoms with van der Waals surface area (Å²) in [5.41, 5.74) is 2.12. The lowest BCUT2D eigenvalue weighted by atomic mass is 10.2. The third-order valence-electron chi connectivity index (χ3n) is 3.97. The first kappa shape index (κ1) is 19.9. The number of amides is 1. The molecule has 0 unspecified atom stereocenters. The van der Waals surface area contributed by atoms with Gasteiger partial charge in [0.25, 0.3) is 15.9 Å². The van der Waals surface area contributed by atoms with Crippen LogP contribution in [0.2, 0.25) is 5.02 Å². The summed E-state index contributed by atoms with van der Waals surface area (Å²) in [7, 11) is -3.90. The number of aryl methyl sites for hydroxylation is 2. The summed E-state index contributed by atoms with van der Waals surface area (Å²) in [5, 5.41) is 2.97. The van der Waals surface area contributed by atoms with Gasteiger partial charge in [-0.05, 0) is 55.8 Å². The van der Waals surface area contributed by atoms with Crippen LogP contribution in [0.1, 0.15) is 21.7 Å². The molecule has 0 aliphatic rings.